The summed E-state index contributed by atoms with van der Waals surface area (Å²) in [5.74, 6) is -0.658. The number of hydrogen-bond acceptors (Lipinski definition) is 4. The van der Waals surface area contributed by atoms with Crippen LogP contribution in [0.15, 0.2) is 58.7 Å². The Balaban J connectivity index is 1.59. The maximum absolute atomic E-state index is 12.2. The molecule has 0 spiro atoms. The highest BCUT2D eigenvalue weighted by molar-refractivity contribution is 6.31. The van der Waals surface area contributed by atoms with Gasteiger partial charge in [-0.1, -0.05) is 29.6 Å². The molecule has 0 radical (unpaired) electrons. The van der Waals surface area contributed by atoms with E-state index in [-0.39, 0.29) is 17.7 Å². The van der Waals surface area contributed by atoms with E-state index in [1.165, 1.54) is 0 Å². The number of nitrogens with zero attached hydrogens (tertiary/aromatic N) is 2. The Morgan fingerprint density at radius 1 is 0.862 bits per heavy atom. The first-order chi connectivity index (χ1) is 14.0. The van der Waals surface area contributed by atoms with E-state index in [0.717, 1.165) is 31.4 Å². The van der Waals surface area contributed by atoms with Crippen molar-refractivity contribution in [1.29, 1.82) is 0 Å². The molecule has 6 nitrogen and oxygen atoms in total. The first kappa shape index (κ1) is 21.0. The summed E-state index contributed by atoms with van der Waals surface area (Å²) in [6.07, 6.45) is 5.32. The Morgan fingerprint density at radius 3 is 2.00 bits per heavy atom. The molecule has 0 aromatic heterocycles. The van der Waals surface area contributed by atoms with Gasteiger partial charge in [0.05, 0.1) is 0 Å². The number of carbonyl (C=O) groups is 2. The molecule has 150 valence electrons. The van der Waals surface area contributed by atoms with Gasteiger partial charge in [-0.25, -0.2) is 10.9 Å². The second-order valence-corrected chi connectivity index (χ2v) is 7.50. The smallest absolute Gasteiger partial charge is 0.267 e. The number of benzene rings is 2. The number of hydrogen-bond donors (Lipinski definition) is 2. The standard InChI is InChI=1S/C21H20Cl2N4O2/c22-17-9-5-14(6-10-17)20(28)26-24-13-16-3-1-2-4-19(16)25-27-21(29)15-7-11-18(23)12-8-15/h5-13,16H,1-4H2,(H,26,28)(H,27,29)/b24-13+,25-19+. The minimum Gasteiger partial charge on any atom is -0.267 e. The van der Waals surface area contributed by atoms with Crippen LogP contribution in [0.1, 0.15) is 46.4 Å². The zero-order valence-corrected chi connectivity index (χ0v) is 17.1. The van der Waals surface area contributed by atoms with Crippen molar-refractivity contribution in [1.82, 2.24) is 10.9 Å². The molecule has 2 N–H and O–H groups in total. The normalized spacial score (nSPS) is 18.0. The zero-order chi connectivity index (χ0) is 20.6. The Bertz CT molecular complexity index is 925. The van der Waals surface area contributed by atoms with Gasteiger partial charge in [0, 0.05) is 39.0 Å². The highest BCUT2D eigenvalue weighted by Crippen LogP contribution is 2.20. The predicted octanol–water partition coefficient (Wildman–Crippen LogP) is 4.69. The van der Waals surface area contributed by atoms with Crippen molar-refractivity contribution in [2.75, 3.05) is 0 Å². The maximum atomic E-state index is 12.2. The molecule has 8 heteroatoms. The summed E-state index contributed by atoms with van der Waals surface area (Å²) in [6.45, 7) is 0. The predicted molar refractivity (Wildman–Crippen MR) is 116 cm³/mol. The summed E-state index contributed by atoms with van der Waals surface area (Å²) in [6, 6.07) is 13.2. The van der Waals surface area contributed by atoms with Gasteiger partial charge in [-0.15, -0.1) is 0 Å². The van der Waals surface area contributed by atoms with Crippen LogP contribution >= 0.6 is 23.2 Å². The summed E-state index contributed by atoms with van der Waals surface area (Å²) in [7, 11) is 0. The van der Waals surface area contributed by atoms with Crippen molar-refractivity contribution in [3.63, 3.8) is 0 Å². The van der Waals surface area contributed by atoms with Gasteiger partial charge in [0.25, 0.3) is 11.8 Å². The Labute approximate surface area is 179 Å². The summed E-state index contributed by atoms with van der Waals surface area (Å²) >= 11 is 11.7. The monoisotopic (exact) mass is 430 g/mol. The van der Waals surface area contributed by atoms with E-state index in [2.05, 4.69) is 21.1 Å². The highest BCUT2D eigenvalue weighted by atomic mass is 35.5. The van der Waals surface area contributed by atoms with Gasteiger partial charge in [-0.05, 0) is 67.8 Å². The molecule has 0 bridgehead atoms. The molecule has 0 aliphatic heterocycles. The molecule has 1 aliphatic carbocycles. The maximum Gasteiger partial charge on any atom is 0.271 e. The van der Waals surface area contributed by atoms with Gasteiger partial charge >= 0.3 is 0 Å². The van der Waals surface area contributed by atoms with Crippen molar-refractivity contribution < 1.29 is 9.59 Å². The fraction of sp³-hybridized carbons (Fsp3) is 0.238. The van der Waals surface area contributed by atoms with E-state index in [4.69, 9.17) is 23.2 Å². The molecule has 1 atom stereocenters. The van der Waals surface area contributed by atoms with Crippen molar-refractivity contribution >= 4 is 46.9 Å². The Kier molecular flexibility index (Phi) is 7.38. The molecule has 0 heterocycles. The average Bonchev–Trinajstić information content (AvgIpc) is 2.73. The van der Waals surface area contributed by atoms with Crippen LogP contribution in [0.25, 0.3) is 0 Å². The largest absolute Gasteiger partial charge is 0.271 e. The summed E-state index contributed by atoms with van der Waals surface area (Å²) < 4.78 is 0. The molecule has 1 unspecified atom stereocenters. The van der Waals surface area contributed by atoms with Crippen LogP contribution in [0.4, 0.5) is 0 Å². The lowest BCUT2D eigenvalue weighted by molar-refractivity contribution is 0.0947. The number of nitrogens with one attached hydrogen (secondary N) is 2. The van der Waals surface area contributed by atoms with E-state index >= 15 is 0 Å². The van der Waals surface area contributed by atoms with Crippen LogP contribution in [0.2, 0.25) is 10.0 Å². The molecular formula is C21H20Cl2N4O2. The molecule has 1 fully saturated rings. The topological polar surface area (TPSA) is 82.9 Å². The lowest BCUT2D eigenvalue weighted by atomic mass is 9.88. The van der Waals surface area contributed by atoms with Crippen LogP contribution in [0, 0.1) is 5.92 Å². The van der Waals surface area contributed by atoms with E-state index < -0.39 is 0 Å². The number of halogens is 2. The molecule has 3 rings (SSSR count). The quantitative estimate of drug-likeness (QED) is 0.532. The van der Waals surface area contributed by atoms with Gasteiger partial charge in [-0.2, -0.15) is 10.2 Å². The number of amides is 2. The third kappa shape index (κ3) is 6.14. The van der Waals surface area contributed by atoms with Gasteiger partial charge in [0.15, 0.2) is 0 Å². The molecule has 2 aromatic carbocycles. The van der Waals surface area contributed by atoms with Gasteiger partial charge in [-0.3, -0.25) is 9.59 Å². The Hall–Kier alpha value is -2.70. The van der Waals surface area contributed by atoms with Gasteiger partial charge in [0.1, 0.15) is 0 Å². The summed E-state index contributed by atoms with van der Waals surface area (Å²) in [5.41, 5.74) is 6.90. The van der Waals surface area contributed by atoms with Crippen LogP contribution in [-0.2, 0) is 0 Å². The van der Waals surface area contributed by atoms with Crippen molar-refractivity contribution in [2.45, 2.75) is 25.7 Å². The first-order valence-corrected chi connectivity index (χ1v) is 10.00. The second kappa shape index (κ2) is 10.2. The fourth-order valence-corrected chi connectivity index (χ4v) is 3.21. The minimum absolute atomic E-state index is 0.0419. The van der Waals surface area contributed by atoms with Crippen LogP contribution in [0.5, 0.6) is 0 Å². The first-order valence-electron chi connectivity index (χ1n) is 9.24. The molecule has 1 saturated carbocycles. The fourth-order valence-electron chi connectivity index (χ4n) is 2.96. The lowest BCUT2D eigenvalue weighted by Crippen LogP contribution is -2.27. The van der Waals surface area contributed by atoms with Crippen molar-refractivity contribution in [2.24, 2.45) is 16.1 Å². The minimum atomic E-state index is -0.316. The van der Waals surface area contributed by atoms with Crippen LogP contribution in [0.3, 0.4) is 0 Å². The molecule has 0 saturated heterocycles. The molecule has 2 aromatic rings. The third-order valence-corrected chi connectivity index (χ3v) is 5.06. The van der Waals surface area contributed by atoms with Crippen LogP contribution < -0.4 is 10.9 Å². The molecule has 2 amide bonds. The Morgan fingerprint density at radius 2 is 1.41 bits per heavy atom. The summed E-state index contributed by atoms with van der Waals surface area (Å²) in [5, 5.41) is 9.50. The third-order valence-electron chi connectivity index (χ3n) is 4.56. The number of rotatable bonds is 5. The van der Waals surface area contributed by atoms with Crippen molar-refractivity contribution in [3.05, 3.63) is 69.7 Å². The zero-order valence-electron chi connectivity index (χ0n) is 15.6. The molecule has 29 heavy (non-hydrogen) atoms. The van der Waals surface area contributed by atoms with Gasteiger partial charge < -0.3 is 0 Å². The number of carbonyl (C=O) groups excluding carboxylic acids is 2. The van der Waals surface area contributed by atoms with E-state index in [1.54, 1.807) is 54.7 Å². The van der Waals surface area contributed by atoms with Gasteiger partial charge in [0.2, 0.25) is 0 Å². The molecular weight excluding hydrogens is 411 g/mol. The SMILES string of the molecule is O=C(N/N=C/C1CCCC/C1=N\NC(=O)c1ccc(Cl)cc1)c1ccc(Cl)cc1. The molecule has 1 aliphatic rings. The van der Waals surface area contributed by atoms with E-state index in [1.807, 2.05) is 0 Å². The van der Waals surface area contributed by atoms with Crippen LogP contribution in [-0.4, -0.2) is 23.7 Å². The second-order valence-electron chi connectivity index (χ2n) is 6.63. The lowest BCUT2D eigenvalue weighted by Gasteiger charge is -2.20. The van der Waals surface area contributed by atoms with E-state index in [9.17, 15) is 9.59 Å². The summed E-state index contributed by atoms with van der Waals surface area (Å²) in [4.78, 5) is 24.3. The van der Waals surface area contributed by atoms with Crippen molar-refractivity contribution in [3.8, 4) is 0 Å². The van der Waals surface area contributed by atoms with E-state index in [0.29, 0.717) is 21.2 Å². The highest BCUT2D eigenvalue weighted by Gasteiger charge is 2.19. The average molecular weight is 431 g/mol. The number of hydrazone groups is 2.